The van der Waals surface area contributed by atoms with Crippen LogP contribution in [0.5, 0.6) is 0 Å². The first kappa shape index (κ1) is 19.5. The number of rotatable bonds is 4. The van der Waals surface area contributed by atoms with E-state index < -0.39 is 11.8 Å². The lowest BCUT2D eigenvalue weighted by molar-refractivity contribution is -0.138. The van der Waals surface area contributed by atoms with E-state index in [1.54, 1.807) is 12.4 Å². The van der Waals surface area contributed by atoms with Crippen molar-refractivity contribution in [1.29, 1.82) is 5.26 Å². The number of fused-ring (bicyclic) bond motifs is 1. The Bertz CT molecular complexity index is 954. The molecule has 2 atom stereocenters. The number of hydrogen-bond acceptors (Lipinski definition) is 6. The third kappa shape index (κ3) is 4.01. The molecule has 2 aliphatic rings. The Balaban J connectivity index is 1.53. The number of nitriles is 1. The quantitative estimate of drug-likeness (QED) is 0.852. The number of morpholine rings is 1. The molecule has 1 N–H and O–H groups in total. The van der Waals surface area contributed by atoms with Gasteiger partial charge in [-0.05, 0) is 31.9 Å². The van der Waals surface area contributed by atoms with Crippen LogP contribution in [0.15, 0.2) is 24.5 Å². The highest BCUT2D eigenvalue weighted by Gasteiger charge is 2.36. The Hall–Kier alpha value is -2.79. The van der Waals surface area contributed by atoms with Crippen molar-refractivity contribution in [3.63, 3.8) is 0 Å². The summed E-state index contributed by atoms with van der Waals surface area (Å²) in [4.78, 5) is 23.2. The van der Waals surface area contributed by atoms with Gasteiger partial charge < -0.3 is 15.0 Å². The molecule has 2 aromatic heterocycles. The lowest BCUT2D eigenvalue weighted by Gasteiger charge is -2.38. The first-order chi connectivity index (χ1) is 14.0. The lowest BCUT2D eigenvalue weighted by Crippen LogP contribution is -2.54. The summed E-state index contributed by atoms with van der Waals surface area (Å²) < 4.78 is 20.4. The highest BCUT2D eigenvalue weighted by atomic mass is 19.1. The second-order valence-electron chi connectivity index (χ2n) is 7.92. The van der Waals surface area contributed by atoms with Gasteiger partial charge in [0.05, 0.1) is 31.1 Å². The van der Waals surface area contributed by atoms with E-state index in [1.807, 2.05) is 24.0 Å². The van der Waals surface area contributed by atoms with Crippen molar-refractivity contribution in [3.8, 4) is 6.07 Å². The molecule has 0 bridgehead atoms. The summed E-state index contributed by atoms with van der Waals surface area (Å²) in [5, 5.41) is 12.8. The number of carbonyl (C=O) groups excluding carboxylic acids is 1. The van der Waals surface area contributed by atoms with E-state index in [0.717, 1.165) is 23.9 Å². The van der Waals surface area contributed by atoms with Gasteiger partial charge in [0.15, 0.2) is 11.8 Å². The number of nitrogens with zero attached hydrogens (tertiary/aromatic N) is 4. The number of pyridine rings is 2. The lowest BCUT2D eigenvalue weighted by atomic mass is 10.0. The first-order valence-electron chi connectivity index (χ1n) is 10.00. The van der Waals surface area contributed by atoms with Crippen LogP contribution in [-0.2, 0) is 9.53 Å². The summed E-state index contributed by atoms with van der Waals surface area (Å²) in [7, 11) is 0. The van der Waals surface area contributed by atoms with Gasteiger partial charge in [-0.15, -0.1) is 0 Å². The molecule has 8 heteroatoms. The minimum absolute atomic E-state index is 0.0331. The molecule has 1 amide bonds. The van der Waals surface area contributed by atoms with Gasteiger partial charge in [-0.3, -0.25) is 9.78 Å². The van der Waals surface area contributed by atoms with Crippen molar-refractivity contribution in [1.82, 2.24) is 15.3 Å². The second-order valence-corrected chi connectivity index (χ2v) is 7.92. The molecule has 1 saturated heterocycles. The van der Waals surface area contributed by atoms with Gasteiger partial charge in [0.1, 0.15) is 17.3 Å². The van der Waals surface area contributed by atoms with Gasteiger partial charge in [-0.25, -0.2) is 9.37 Å². The van der Waals surface area contributed by atoms with Gasteiger partial charge in [0.2, 0.25) is 0 Å². The molecule has 152 valence electrons. The van der Waals surface area contributed by atoms with Crippen molar-refractivity contribution in [2.24, 2.45) is 0 Å². The number of ether oxygens (including phenoxy) is 1. The number of halogens is 1. The molecule has 0 radical (unpaired) electrons. The number of aromatic nitrogens is 2. The number of anilines is 1. The van der Waals surface area contributed by atoms with Gasteiger partial charge in [0, 0.05) is 18.1 Å². The van der Waals surface area contributed by atoms with Crippen molar-refractivity contribution < 1.29 is 13.9 Å². The average molecular weight is 397 g/mol. The van der Waals surface area contributed by atoms with Crippen LogP contribution in [0.3, 0.4) is 0 Å². The molecule has 1 saturated carbocycles. The molecule has 0 spiro atoms. The van der Waals surface area contributed by atoms with Crippen LogP contribution >= 0.6 is 0 Å². The Labute approximate surface area is 168 Å². The monoisotopic (exact) mass is 397 g/mol. The van der Waals surface area contributed by atoms with Crippen LogP contribution in [0, 0.1) is 11.3 Å². The Morgan fingerprint density at radius 3 is 2.97 bits per heavy atom. The van der Waals surface area contributed by atoms with Crippen LogP contribution in [0.1, 0.15) is 38.3 Å². The number of amides is 1. The summed E-state index contributed by atoms with van der Waals surface area (Å²) in [5.41, 5.74) is 0.310. The van der Waals surface area contributed by atoms with Gasteiger partial charge in [-0.2, -0.15) is 5.26 Å². The number of nitrogens with one attached hydrogen (secondary N) is 1. The summed E-state index contributed by atoms with van der Waals surface area (Å²) >= 11 is 0. The molecule has 7 nitrogen and oxygen atoms in total. The summed E-state index contributed by atoms with van der Waals surface area (Å²) in [6.07, 6.45) is 5.11. The van der Waals surface area contributed by atoms with E-state index in [-0.39, 0.29) is 24.2 Å². The molecule has 1 aliphatic carbocycles. The molecular weight excluding hydrogens is 373 g/mol. The number of alkyl halides is 1. The SMILES string of the molecule is CC1CN(c2cnc(C#N)c3ncccc23)CC(C(=O)NCC2(F)CCCC2)O1. The number of hydrogen-bond donors (Lipinski definition) is 1. The molecule has 29 heavy (non-hydrogen) atoms. The highest BCUT2D eigenvalue weighted by Crippen LogP contribution is 2.33. The fraction of sp³-hybridized carbons (Fsp3) is 0.524. The van der Waals surface area contributed by atoms with Crippen LogP contribution in [0.2, 0.25) is 0 Å². The predicted molar refractivity (Wildman–Crippen MR) is 106 cm³/mol. The Kier molecular flexibility index (Phi) is 5.33. The summed E-state index contributed by atoms with van der Waals surface area (Å²) in [5.74, 6) is -0.297. The first-order valence-corrected chi connectivity index (χ1v) is 10.00. The van der Waals surface area contributed by atoms with E-state index in [0.29, 0.717) is 31.4 Å². The zero-order valence-electron chi connectivity index (χ0n) is 16.4. The van der Waals surface area contributed by atoms with Crippen molar-refractivity contribution >= 4 is 22.5 Å². The summed E-state index contributed by atoms with van der Waals surface area (Å²) in [6, 6.07) is 5.77. The van der Waals surface area contributed by atoms with Gasteiger partial charge in [-0.1, -0.05) is 12.8 Å². The Morgan fingerprint density at radius 1 is 1.41 bits per heavy atom. The van der Waals surface area contributed by atoms with E-state index in [1.165, 1.54) is 0 Å². The molecule has 2 aromatic rings. The van der Waals surface area contributed by atoms with Gasteiger partial charge in [0.25, 0.3) is 5.91 Å². The van der Waals surface area contributed by atoms with Crippen molar-refractivity contribution in [2.45, 2.75) is 50.5 Å². The van der Waals surface area contributed by atoms with Crippen LogP contribution in [0.25, 0.3) is 10.9 Å². The standard InChI is InChI=1S/C21H24FN5O2/c1-14-11-27(17-10-25-16(9-23)19-15(17)5-4-8-24-19)12-18(29-14)20(28)26-13-21(22)6-2-3-7-21/h4-5,8,10,14,18H,2-3,6-7,11-13H2,1H3,(H,26,28). The second kappa shape index (κ2) is 7.91. The van der Waals surface area contributed by atoms with E-state index >= 15 is 0 Å². The van der Waals surface area contributed by atoms with Crippen LogP contribution < -0.4 is 10.2 Å². The molecule has 4 rings (SSSR count). The zero-order valence-corrected chi connectivity index (χ0v) is 16.4. The maximum atomic E-state index is 14.6. The minimum atomic E-state index is -1.30. The summed E-state index contributed by atoms with van der Waals surface area (Å²) in [6.45, 7) is 2.84. The predicted octanol–water partition coefficient (Wildman–Crippen LogP) is 2.49. The van der Waals surface area contributed by atoms with Crippen LogP contribution in [-0.4, -0.2) is 53.4 Å². The topological polar surface area (TPSA) is 91.1 Å². The van der Waals surface area contributed by atoms with E-state index in [2.05, 4.69) is 21.4 Å². The molecule has 3 heterocycles. The number of carbonyl (C=O) groups is 1. The normalized spacial score (nSPS) is 23.7. The fourth-order valence-electron chi connectivity index (χ4n) is 4.23. The molecule has 2 fully saturated rings. The van der Waals surface area contributed by atoms with Crippen LogP contribution in [0.4, 0.5) is 10.1 Å². The maximum Gasteiger partial charge on any atom is 0.251 e. The third-order valence-electron chi connectivity index (χ3n) is 5.70. The highest BCUT2D eigenvalue weighted by molar-refractivity contribution is 5.94. The maximum absolute atomic E-state index is 14.6. The minimum Gasteiger partial charge on any atom is -0.364 e. The van der Waals surface area contributed by atoms with E-state index in [9.17, 15) is 14.4 Å². The molecule has 2 unspecified atom stereocenters. The fourth-order valence-corrected chi connectivity index (χ4v) is 4.23. The van der Waals surface area contributed by atoms with E-state index in [4.69, 9.17) is 4.74 Å². The largest absolute Gasteiger partial charge is 0.364 e. The zero-order chi connectivity index (χ0) is 20.4. The van der Waals surface area contributed by atoms with Crippen molar-refractivity contribution in [2.75, 3.05) is 24.5 Å². The molecular formula is C21H24FN5O2. The smallest absolute Gasteiger partial charge is 0.251 e. The Morgan fingerprint density at radius 2 is 2.21 bits per heavy atom. The molecule has 1 aliphatic heterocycles. The third-order valence-corrected chi connectivity index (χ3v) is 5.70. The average Bonchev–Trinajstić information content (AvgIpc) is 3.17. The van der Waals surface area contributed by atoms with Crippen molar-refractivity contribution in [3.05, 3.63) is 30.2 Å². The van der Waals surface area contributed by atoms with Gasteiger partial charge >= 0.3 is 0 Å². The molecule has 0 aromatic carbocycles.